The van der Waals surface area contributed by atoms with Crippen molar-refractivity contribution in [3.05, 3.63) is 71.8 Å². The number of unbranched alkanes of at least 4 members (excludes halogenated alkanes) is 2. The van der Waals surface area contributed by atoms with Crippen LogP contribution in [0.1, 0.15) is 44.2 Å². The molecule has 0 aliphatic rings. The van der Waals surface area contributed by atoms with Crippen LogP contribution in [0.3, 0.4) is 0 Å². The van der Waals surface area contributed by atoms with Crippen LogP contribution in [0.4, 0.5) is 0 Å². The molecule has 2 nitrogen and oxygen atoms in total. The van der Waals surface area contributed by atoms with Gasteiger partial charge in [-0.15, -0.1) is 0 Å². The van der Waals surface area contributed by atoms with Crippen molar-refractivity contribution in [1.82, 2.24) is 10.6 Å². The zero-order valence-corrected chi connectivity index (χ0v) is 15.9. The first kappa shape index (κ1) is 19.7. The van der Waals surface area contributed by atoms with Crippen molar-refractivity contribution >= 4 is 0 Å². The average molecular weight is 339 g/mol. The Labute approximate surface area is 154 Å². The Balaban J connectivity index is 1.45. The summed E-state index contributed by atoms with van der Waals surface area (Å²) in [6.07, 6.45) is 6.02. The molecule has 0 saturated heterocycles. The molecule has 0 aromatic heterocycles. The van der Waals surface area contributed by atoms with Crippen molar-refractivity contribution in [3.8, 4) is 0 Å². The number of hydrogen-bond donors (Lipinski definition) is 2. The summed E-state index contributed by atoms with van der Waals surface area (Å²) in [5, 5.41) is 7.29. The quantitative estimate of drug-likeness (QED) is 0.553. The average Bonchev–Trinajstić information content (AvgIpc) is 2.62. The molecule has 0 amide bonds. The molecule has 2 aromatic rings. The van der Waals surface area contributed by atoms with E-state index in [9.17, 15) is 0 Å². The van der Waals surface area contributed by atoms with Gasteiger partial charge in [0.1, 0.15) is 0 Å². The predicted molar refractivity (Wildman–Crippen MR) is 109 cm³/mol. The summed E-state index contributed by atoms with van der Waals surface area (Å²) in [7, 11) is 0. The fraction of sp³-hybridized carbons (Fsp3) is 0.478. The van der Waals surface area contributed by atoms with Crippen molar-refractivity contribution < 1.29 is 0 Å². The second-order valence-corrected chi connectivity index (χ2v) is 7.15. The number of hydrogen-bond acceptors (Lipinski definition) is 2. The van der Waals surface area contributed by atoms with Crippen molar-refractivity contribution in [2.45, 2.75) is 58.0 Å². The molecule has 0 aliphatic carbocycles. The Morgan fingerprint density at radius 2 is 1.00 bits per heavy atom. The van der Waals surface area contributed by atoms with Crippen molar-refractivity contribution in [1.29, 1.82) is 0 Å². The van der Waals surface area contributed by atoms with Gasteiger partial charge in [-0.2, -0.15) is 0 Å². The van der Waals surface area contributed by atoms with E-state index in [1.807, 2.05) is 0 Å². The van der Waals surface area contributed by atoms with Gasteiger partial charge in [-0.3, -0.25) is 0 Å². The zero-order valence-electron chi connectivity index (χ0n) is 15.9. The highest BCUT2D eigenvalue weighted by molar-refractivity contribution is 5.16. The lowest BCUT2D eigenvalue weighted by atomic mass is 10.1. The molecular formula is C23H34N2. The van der Waals surface area contributed by atoms with Crippen LogP contribution in [0.25, 0.3) is 0 Å². The Morgan fingerprint density at radius 3 is 1.40 bits per heavy atom. The molecule has 0 fully saturated rings. The second kappa shape index (κ2) is 11.8. The van der Waals surface area contributed by atoms with Gasteiger partial charge in [-0.05, 0) is 63.7 Å². The highest BCUT2D eigenvalue weighted by Gasteiger charge is 2.03. The molecule has 0 unspecified atom stereocenters. The fourth-order valence-electron chi connectivity index (χ4n) is 3.20. The highest BCUT2D eigenvalue weighted by Crippen LogP contribution is 2.04. The van der Waals surface area contributed by atoms with Crippen LogP contribution in [-0.2, 0) is 12.8 Å². The van der Waals surface area contributed by atoms with E-state index in [1.54, 1.807) is 0 Å². The normalized spacial score (nSPS) is 13.5. The molecule has 2 N–H and O–H groups in total. The summed E-state index contributed by atoms with van der Waals surface area (Å²) < 4.78 is 0. The van der Waals surface area contributed by atoms with Gasteiger partial charge >= 0.3 is 0 Å². The third kappa shape index (κ3) is 8.85. The Hall–Kier alpha value is -1.64. The molecule has 25 heavy (non-hydrogen) atoms. The maximum absolute atomic E-state index is 3.64. The Kier molecular flexibility index (Phi) is 9.32. The van der Waals surface area contributed by atoms with Gasteiger partial charge < -0.3 is 10.6 Å². The van der Waals surface area contributed by atoms with Gasteiger partial charge in [0.2, 0.25) is 0 Å². The van der Waals surface area contributed by atoms with Crippen LogP contribution in [0.5, 0.6) is 0 Å². The maximum atomic E-state index is 3.64. The van der Waals surface area contributed by atoms with Crippen LogP contribution in [0.2, 0.25) is 0 Å². The molecule has 2 rings (SSSR count). The summed E-state index contributed by atoms with van der Waals surface area (Å²) in [5.74, 6) is 0. The Bertz CT molecular complexity index is 501. The molecule has 2 atom stereocenters. The SMILES string of the molecule is C[C@H](Cc1ccccc1)NCCCCCN[C@H](C)Cc1ccccc1. The first-order chi connectivity index (χ1) is 12.2. The second-order valence-electron chi connectivity index (χ2n) is 7.15. The van der Waals surface area contributed by atoms with Crippen LogP contribution < -0.4 is 10.6 Å². The van der Waals surface area contributed by atoms with Crippen molar-refractivity contribution in [3.63, 3.8) is 0 Å². The van der Waals surface area contributed by atoms with E-state index in [4.69, 9.17) is 0 Å². The van der Waals surface area contributed by atoms with Crippen LogP contribution in [0, 0.1) is 0 Å². The lowest BCUT2D eigenvalue weighted by molar-refractivity contribution is 0.494. The van der Waals surface area contributed by atoms with Crippen LogP contribution in [0.15, 0.2) is 60.7 Å². The summed E-state index contributed by atoms with van der Waals surface area (Å²) in [4.78, 5) is 0. The minimum atomic E-state index is 0.548. The molecule has 2 heteroatoms. The largest absolute Gasteiger partial charge is 0.314 e. The van der Waals surface area contributed by atoms with Gasteiger partial charge in [-0.1, -0.05) is 67.1 Å². The van der Waals surface area contributed by atoms with Gasteiger partial charge in [0, 0.05) is 12.1 Å². The van der Waals surface area contributed by atoms with E-state index in [-0.39, 0.29) is 0 Å². The van der Waals surface area contributed by atoms with Crippen molar-refractivity contribution in [2.24, 2.45) is 0 Å². The van der Waals surface area contributed by atoms with E-state index >= 15 is 0 Å². The number of benzene rings is 2. The first-order valence-corrected chi connectivity index (χ1v) is 9.78. The maximum Gasteiger partial charge on any atom is 0.00791 e. The molecule has 0 heterocycles. The van der Waals surface area contributed by atoms with Crippen molar-refractivity contribution in [2.75, 3.05) is 13.1 Å². The van der Waals surface area contributed by atoms with E-state index in [0.717, 1.165) is 25.9 Å². The summed E-state index contributed by atoms with van der Waals surface area (Å²) in [6.45, 7) is 6.79. The third-order valence-corrected chi connectivity index (χ3v) is 4.61. The van der Waals surface area contributed by atoms with E-state index in [1.165, 1.54) is 30.4 Å². The first-order valence-electron chi connectivity index (χ1n) is 9.78. The molecule has 0 bridgehead atoms. The molecular weight excluding hydrogens is 304 g/mol. The smallest absolute Gasteiger partial charge is 0.00791 e. The molecule has 0 aliphatic heterocycles. The standard InChI is InChI=1S/C23H34N2/c1-20(18-22-12-6-3-7-13-22)24-16-10-5-11-17-25-21(2)19-23-14-8-4-9-15-23/h3-4,6-9,12-15,20-21,24-25H,5,10-11,16-19H2,1-2H3/t20-,21-/m1/s1. The molecule has 0 saturated carbocycles. The monoisotopic (exact) mass is 338 g/mol. The summed E-state index contributed by atoms with van der Waals surface area (Å²) >= 11 is 0. The van der Waals surface area contributed by atoms with Crippen LogP contribution >= 0.6 is 0 Å². The Morgan fingerprint density at radius 1 is 0.600 bits per heavy atom. The van der Waals surface area contributed by atoms with Gasteiger partial charge in [0.25, 0.3) is 0 Å². The molecule has 2 aromatic carbocycles. The lowest BCUT2D eigenvalue weighted by Crippen LogP contribution is -2.30. The van der Waals surface area contributed by atoms with Crippen LogP contribution in [-0.4, -0.2) is 25.2 Å². The summed E-state index contributed by atoms with van der Waals surface area (Å²) in [6, 6.07) is 22.6. The minimum absolute atomic E-state index is 0.548. The van der Waals surface area contributed by atoms with Gasteiger partial charge in [0.15, 0.2) is 0 Å². The fourth-order valence-corrected chi connectivity index (χ4v) is 3.20. The highest BCUT2D eigenvalue weighted by atomic mass is 14.9. The zero-order chi connectivity index (χ0) is 17.7. The third-order valence-electron chi connectivity index (χ3n) is 4.61. The van der Waals surface area contributed by atoms with E-state index in [2.05, 4.69) is 85.1 Å². The molecule has 0 radical (unpaired) electrons. The number of nitrogens with one attached hydrogen (secondary N) is 2. The van der Waals surface area contributed by atoms with E-state index < -0.39 is 0 Å². The molecule has 0 spiro atoms. The summed E-state index contributed by atoms with van der Waals surface area (Å²) in [5.41, 5.74) is 2.83. The predicted octanol–water partition coefficient (Wildman–Crippen LogP) is 4.60. The minimum Gasteiger partial charge on any atom is -0.314 e. The topological polar surface area (TPSA) is 24.1 Å². The van der Waals surface area contributed by atoms with E-state index in [0.29, 0.717) is 12.1 Å². The number of rotatable bonds is 12. The van der Waals surface area contributed by atoms with Gasteiger partial charge in [0.05, 0.1) is 0 Å². The molecule has 136 valence electrons. The van der Waals surface area contributed by atoms with Gasteiger partial charge in [-0.25, -0.2) is 0 Å². The lowest BCUT2D eigenvalue weighted by Gasteiger charge is -2.15.